The first kappa shape index (κ1) is 16.2. The molecule has 0 aliphatic heterocycles. The third-order valence-corrected chi connectivity index (χ3v) is 4.78. The topological polar surface area (TPSA) is 4.93 Å². The molecule has 0 aliphatic carbocycles. The molecule has 26 heavy (non-hydrogen) atoms. The highest BCUT2D eigenvalue weighted by atomic mass is 14.9. The maximum absolute atomic E-state index is 3.53. The molecular formula is C25H21N. The fourth-order valence-electron chi connectivity index (χ4n) is 3.38. The van der Waals surface area contributed by atoms with Gasteiger partial charge in [0.25, 0.3) is 0 Å². The molecule has 0 saturated carbocycles. The van der Waals surface area contributed by atoms with Crippen molar-refractivity contribution in [2.24, 2.45) is 7.05 Å². The molecule has 0 amide bonds. The molecule has 1 unspecified atom stereocenters. The maximum atomic E-state index is 3.53. The quantitative estimate of drug-likeness (QED) is 0.416. The highest BCUT2D eigenvalue weighted by Crippen LogP contribution is 2.32. The molecule has 1 nitrogen and oxygen atoms in total. The Kier molecular flexibility index (Phi) is 4.33. The monoisotopic (exact) mass is 335 g/mol. The van der Waals surface area contributed by atoms with Gasteiger partial charge in [-0.25, -0.2) is 0 Å². The van der Waals surface area contributed by atoms with Crippen molar-refractivity contribution in [2.45, 2.75) is 12.8 Å². The molecule has 0 radical (unpaired) electrons. The van der Waals surface area contributed by atoms with Crippen LogP contribution in [0.2, 0.25) is 0 Å². The lowest BCUT2D eigenvalue weighted by Crippen LogP contribution is -1.98. The predicted octanol–water partition coefficient (Wildman–Crippen LogP) is 5.67. The van der Waals surface area contributed by atoms with Crippen molar-refractivity contribution in [3.05, 3.63) is 107 Å². The number of aryl methyl sites for hydroxylation is 2. The van der Waals surface area contributed by atoms with E-state index in [1.54, 1.807) is 0 Å². The van der Waals surface area contributed by atoms with Crippen LogP contribution >= 0.6 is 0 Å². The summed E-state index contributed by atoms with van der Waals surface area (Å²) in [6.07, 6.45) is 2.22. The van der Waals surface area contributed by atoms with E-state index in [1.807, 2.05) is 18.2 Å². The van der Waals surface area contributed by atoms with E-state index < -0.39 is 0 Å². The number of hydrogen-bond donors (Lipinski definition) is 0. The Hall–Kier alpha value is -3.24. The number of para-hydroxylation sites is 1. The molecule has 1 heteroatoms. The zero-order valence-corrected chi connectivity index (χ0v) is 15.1. The first-order valence-corrected chi connectivity index (χ1v) is 8.89. The van der Waals surface area contributed by atoms with Gasteiger partial charge in [-0.1, -0.05) is 78.1 Å². The summed E-state index contributed by atoms with van der Waals surface area (Å²) in [7, 11) is 2.10. The minimum Gasteiger partial charge on any atom is -0.350 e. The van der Waals surface area contributed by atoms with Crippen molar-refractivity contribution < 1.29 is 0 Å². The number of rotatable bonds is 2. The van der Waals surface area contributed by atoms with E-state index in [0.29, 0.717) is 0 Å². The molecule has 0 spiro atoms. The SMILES string of the molecule is Cc1ccc(C(C#Cc2ccccc2)c2cn(C)c3ccccc23)cc1. The molecule has 0 bridgehead atoms. The summed E-state index contributed by atoms with van der Waals surface area (Å²) in [5, 5.41) is 1.27. The lowest BCUT2D eigenvalue weighted by atomic mass is 9.90. The van der Waals surface area contributed by atoms with Crippen LogP contribution in [0.3, 0.4) is 0 Å². The second kappa shape index (κ2) is 6.94. The average Bonchev–Trinajstić information content (AvgIpc) is 3.01. The molecule has 4 rings (SSSR count). The van der Waals surface area contributed by atoms with Gasteiger partial charge in [-0.15, -0.1) is 0 Å². The Bertz CT molecular complexity index is 1090. The second-order valence-corrected chi connectivity index (χ2v) is 6.69. The predicted molar refractivity (Wildman–Crippen MR) is 109 cm³/mol. The van der Waals surface area contributed by atoms with Gasteiger partial charge in [-0.2, -0.15) is 0 Å². The average molecular weight is 335 g/mol. The number of benzene rings is 3. The molecule has 1 aromatic heterocycles. The normalized spacial score (nSPS) is 11.8. The van der Waals surface area contributed by atoms with E-state index in [2.05, 4.69) is 97.2 Å². The van der Waals surface area contributed by atoms with Crippen LogP contribution in [0.4, 0.5) is 0 Å². The van der Waals surface area contributed by atoms with Crippen molar-refractivity contribution in [2.75, 3.05) is 0 Å². The lowest BCUT2D eigenvalue weighted by Gasteiger charge is -2.11. The second-order valence-electron chi connectivity index (χ2n) is 6.69. The zero-order chi connectivity index (χ0) is 17.9. The van der Waals surface area contributed by atoms with Gasteiger partial charge in [0.05, 0.1) is 5.92 Å². The van der Waals surface area contributed by atoms with Crippen molar-refractivity contribution in [3.8, 4) is 11.8 Å². The van der Waals surface area contributed by atoms with Gasteiger partial charge >= 0.3 is 0 Å². The molecule has 0 aliphatic rings. The van der Waals surface area contributed by atoms with Crippen LogP contribution in [0, 0.1) is 18.8 Å². The van der Waals surface area contributed by atoms with Crippen LogP contribution in [0.1, 0.15) is 28.2 Å². The fraction of sp³-hybridized carbons (Fsp3) is 0.120. The van der Waals surface area contributed by atoms with Crippen LogP contribution in [0.5, 0.6) is 0 Å². The molecule has 0 N–H and O–H groups in total. The van der Waals surface area contributed by atoms with Gasteiger partial charge in [0, 0.05) is 29.7 Å². The van der Waals surface area contributed by atoms with Crippen LogP contribution < -0.4 is 0 Å². The largest absolute Gasteiger partial charge is 0.350 e. The molecule has 1 heterocycles. The summed E-state index contributed by atoms with van der Waals surface area (Å²) in [6, 6.07) is 27.5. The lowest BCUT2D eigenvalue weighted by molar-refractivity contribution is 0.947. The Morgan fingerprint density at radius 2 is 1.50 bits per heavy atom. The number of nitrogens with zero attached hydrogens (tertiary/aromatic N) is 1. The van der Waals surface area contributed by atoms with Crippen molar-refractivity contribution in [1.29, 1.82) is 0 Å². The fourth-order valence-corrected chi connectivity index (χ4v) is 3.38. The van der Waals surface area contributed by atoms with Crippen LogP contribution in [0.25, 0.3) is 10.9 Å². The third-order valence-electron chi connectivity index (χ3n) is 4.78. The molecular weight excluding hydrogens is 314 g/mol. The first-order chi connectivity index (χ1) is 12.7. The number of hydrogen-bond acceptors (Lipinski definition) is 0. The number of fused-ring (bicyclic) bond motifs is 1. The highest BCUT2D eigenvalue weighted by molar-refractivity contribution is 5.85. The molecule has 126 valence electrons. The minimum atomic E-state index is 0.0434. The van der Waals surface area contributed by atoms with E-state index in [9.17, 15) is 0 Å². The smallest absolute Gasteiger partial charge is 0.0726 e. The molecule has 1 atom stereocenters. The van der Waals surface area contributed by atoms with E-state index in [4.69, 9.17) is 0 Å². The Labute approximate surface area is 154 Å². The van der Waals surface area contributed by atoms with E-state index in [-0.39, 0.29) is 5.92 Å². The number of aromatic nitrogens is 1. The van der Waals surface area contributed by atoms with E-state index in [1.165, 1.54) is 27.6 Å². The highest BCUT2D eigenvalue weighted by Gasteiger charge is 2.17. The van der Waals surface area contributed by atoms with Gasteiger partial charge < -0.3 is 4.57 Å². The van der Waals surface area contributed by atoms with Crippen molar-refractivity contribution in [1.82, 2.24) is 4.57 Å². The standard InChI is InChI=1S/C25H21N/c1-19-12-15-21(16-13-19)22(17-14-20-8-4-3-5-9-20)24-18-26(2)25-11-7-6-10-23(24)25/h3-13,15-16,18,22H,1-2H3. The molecule has 3 aromatic carbocycles. The summed E-state index contributed by atoms with van der Waals surface area (Å²) >= 11 is 0. The van der Waals surface area contributed by atoms with Crippen molar-refractivity contribution >= 4 is 10.9 Å². The summed E-state index contributed by atoms with van der Waals surface area (Å²) in [4.78, 5) is 0. The summed E-state index contributed by atoms with van der Waals surface area (Å²) in [5.74, 6) is 6.94. The third kappa shape index (κ3) is 3.15. The van der Waals surface area contributed by atoms with Crippen LogP contribution in [-0.4, -0.2) is 4.57 Å². The summed E-state index contributed by atoms with van der Waals surface area (Å²) in [5.41, 5.74) is 6.04. The maximum Gasteiger partial charge on any atom is 0.0726 e. The summed E-state index contributed by atoms with van der Waals surface area (Å²) < 4.78 is 2.19. The zero-order valence-electron chi connectivity index (χ0n) is 15.1. The molecule has 0 fully saturated rings. The molecule has 4 aromatic rings. The van der Waals surface area contributed by atoms with E-state index >= 15 is 0 Å². The van der Waals surface area contributed by atoms with Crippen LogP contribution in [-0.2, 0) is 7.05 Å². The van der Waals surface area contributed by atoms with Gasteiger partial charge in [0.2, 0.25) is 0 Å². The summed E-state index contributed by atoms with van der Waals surface area (Å²) in [6.45, 7) is 2.12. The van der Waals surface area contributed by atoms with Gasteiger partial charge in [-0.3, -0.25) is 0 Å². The Morgan fingerprint density at radius 1 is 0.808 bits per heavy atom. The van der Waals surface area contributed by atoms with Gasteiger partial charge in [0.15, 0.2) is 0 Å². The van der Waals surface area contributed by atoms with E-state index in [0.717, 1.165) is 5.56 Å². The Balaban J connectivity index is 1.88. The minimum absolute atomic E-state index is 0.0434. The van der Waals surface area contributed by atoms with Gasteiger partial charge in [0.1, 0.15) is 0 Å². The van der Waals surface area contributed by atoms with Crippen molar-refractivity contribution in [3.63, 3.8) is 0 Å². The van der Waals surface area contributed by atoms with Gasteiger partial charge in [-0.05, 0) is 36.2 Å². The van der Waals surface area contributed by atoms with Crippen LogP contribution in [0.15, 0.2) is 85.1 Å². The Morgan fingerprint density at radius 3 is 2.27 bits per heavy atom. The molecule has 0 saturated heterocycles. The first-order valence-electron chi connectivity index (χ1n) is 8.89.